The van der Waals surface area contributed by atoms with E-state index in [0.29, 0.717) is 9.80 Å². The van der Waals surface area contributed by atoms with Crippen molar-refractivity contribution in [3.63, 3.8) is 0 Å². The van der Waals surface area contributed by atoms with Gasteiger partial charge in [-0.25, -0.2) is 4.39 Å². The largest absolute Gasteiger partial charge is 0.392 e. The number of benzene rings is 1. The van der Waals surface area contributed by atoms with Gasteiger partial charge in [-0.3, -0.25) is 0 Å². The van der Waals surface area contributed by atoms with Gasteiger partial charge < -0.3 is 5.11 Å². The van der Waals surface area contributed by atoms with Crippen LogP contribution < -0.4 is 0 Å². The van der Waals surface area contributed by atoms with Crippen LogP contribution in [0.15, 0.2) is 16.6 Å². The van der Waals surface area contributed by atoms with Crippen molar-refractivity contribution in [1.82, 2.24) is 0 Å². The van der Waals surface area contributed by atoms with E-state index in [0.717, 1.165) is 11.1 Å². The molecule has 0 spiro atoms. The normalized spacial score (nSPS) is 10.3. The number of halogens is 3. The lowest BCUT2D eigenvalue weighted by Crippen LogP contribution is -1.93. The van der Waals surface area contributed by atoms with Gasteiger partial charge in [-0.15, -0.1) is 0 Å². The van der Waals surface area contributed by atoms with Gasteiger partial charge in [0.15, 0.2) is 0 Å². The van der Waals surface area contributed by atoms with Crippen LogP contribution in [0.25, 0.3) is 0 Å². The highest BCUT2D eigenvalue weighted by atomic mass is 79.9. The molecule has 1 rings (SSSR count). The quantitative estimate of drug-likeness (QED) is 0.832. The molecule has 0 aliphatic carbocycles. The highest BCUT2D eigenvalue weighted by Crippen LogP contribution is 2.22. The molecule has 0 heterocycles. The van der Waals surface area contributed by atoms with Crippen LogP contribution in [-0.2, 0) is 11.9 Å². The molecule has 1 nitrogen and oxygen atoms in total. The third kappa shape index (κ3) is 2.06. The van der Waals surface area contributed by atoms with Crippen LogP contribution in [0, 0.1) is 5.82 Å². The molecule has 0 atom stereocenters. The van der Waals surface area contributed by atoms with Gasteiger partial charge in [-0.1, -0.05) is 15.9 Å². The second-order valence-corrected chi connectivity index (χ2v) is 3.74. The van der Waals surface area contributed by atoms with Crippen molar-refractivity contribution in [3.8, 4) is 0 Å². The first-order chi connectivity index (χ1) is 5.69. The zero-order valence-electron chi connectivity index (χ0n) is 6.15. The highest BCUT2D eigenvalue weighted by Gasteiger charge is 2.05. The Hall–Kier alpha value is 0.0700. The molecule has 12 heavy (non-hydrogen) atoms. The fourth-order valence-electron chi connectivity index (χ4n) is 0.901. The number of alkyl halides is 1. The van der Waals surface area contributed by atoms with Crippen molar-refractivity contribution < 1.29 is 9.50 Å². The van der Waals surface area contributed by atoms with Crippen LogP contribution in [0.5, 0.6) is 0 Å². The molecule has 0 fully saturated rings. The van der Waals surface area contributed by atoms with Crippen LogP contribution in [0.3, 0.4) is 0 Å². The van der Waals surface area contributed by atoms with E-state index in [9.17, 15) is 4.39 Å². The minimum Gasteiger partial charge on any atom is -0.392 e. The minimum absolute atomic E-state index is 0.0696. The SMILES string of the molecule is OCc1cc(Br)c(F)cc1CBr. The lowest BCUT2D eigenvalue weighted by molar-refractivity contribution is 0.280. The molecule has 66 valence electrons. The Morgan fingerprint density at radius 3 is 2.50 bits per heavy atom. The summed E-state index contributed by atoms with van der Waals surface area (Å²) in [6.45, 7) is -0.0696. The van der Waals surface area contributed by atoms with E-state index in [2.05, 4.69) is 31.9 Å². The van der Waals surface area contributed by atoms with E-state index in [1.807, 2.05) is 0 Å². The molecule has 0 aliphatic rings. The molecule has 4 heteroatoms. The Bertz CT molecular complexity index is 260. The second kappa shape index (κ2) is 4.35. The maximum absolute atomic E-state index is 12.9. The van der Waals surface area contributed by atoms with Crippen LogP contribution >= 0.6 is 31.9 Å². The fourth-order valence-corrected chi connectivity index (χ4v) is 1.81. The second-order valence-electron chi connectivity index (χ2n) is 2.33. The number of hydrogen-bond donors (Lipinski definition) is 1. The van der Waals surface area contributed by atoms with Crippen molar-refractivity contribution in [2.45, 2.75) is 11.9 Å². The molecule has 0 aliphatic heterocycles. The van der Waals surface area contributed by atoms with E-state index in [4.69, 9.17) is 5.11 Å². The van der Waals surface area contributed by atoms with Gasteiger partial charge >= 0.3 is 0 Å². The van der Waals surface area contributed by atoms with Gasteiger partial charge in [-0.2, -0.15) is 0 Å². The number of hydrogen-bond acceptors (Lipinski definition) is 1. The molecular formula is C8H7Br2FO. The van der Waals surface area contributed by atoms with Gasteiger partial charge in [0.1, 0.15) is 5.82 Å². The highest BCUT2D eigenvalue weighted by molar-refractivity contribution is 9.10. The molecular weight excluding hydrogens is 291 g/mol. The van der Waals surface area contributed by atoms with Crippen molar-refractivity contribution in [2.24, 2.45) is 0 Å². The summed E-state index contributed by atoms with van der Waals surface area (Å²) in [5, 5.41) is 9.45. The molecule has 0 unspecified atom stereocenters. The first kappa shape index (κ1) is 10.2. The van der Waals surface area contributed by atoms with E-state index >= 15 is 0 Å². The first-order valence-corrected chi connectivity index (χ1v) is 5.24. The van der Waals surface area contributed by atoms with E-state index in [-0.39, 0.29) is 12.4 Å². The Morgan fingerprint density at radius 1 is 1.33 bits per heavy atom. The molecule has 0 aromatic heterocycles. The van der Waals surface area contributed by atoms with Gasteiger partial charge in [0.2, 0.25) is 0 Å². The predicted molar refractivity (Wildman–Crippen MR) is 52.7 cm³/mol. The molecule has 1 aromatic carbocycles. The zero-order valence-corrected chi connectivity index (χ0v) is 9.32. The Morgan fingerprint density at radius 2 is 2.00 bits per heavy atom. The van der Waals surface area contributed by atoms with Gasteiger partial charge in [-0.05, 0) is 39.2 Å². The van der Waals surface area contributed by atoms with Gasteiger partial charge in [0, 0.05) is 5.33 Å². The number of rotatable bonds is 2. The van der Waals surface area contributed by atoms with Gasteiger partial charge in [0.05, 0.1) is 11.1 Å². The Labute approximate surface area is 86.9 Å². The first-order valence-electron chi connectivity index (χ1n) is 3.32. The maximum atomic E-state index is 12.9. The Balaban J connectivity index is 3.19. The zero-order chi connectivity index (χ0) is 9.14. The molecule has 1 N–H and O–H groups in total. The van der Waals surface area contributed by atoms with Crippen molar-refractivity contribution in [3.05, 3.63) is 33.5 Å². The Kier molecular flexibility index (Phi) is 3.68. The predicted octanol–water partition coefficient (Wildman–Crippen LogP) is 2.98. The summed E-state index contributed by atoms with van der Waals surface area (Å²) in [5.74, 6) is -0.304. The molecule has 0 amide bonds. The monoisotopic (exact) mass is 296 g/mol. The lowest BCUT2D eigenvalue weighted by atomic mass is 10.1. The third-order valence-corrected chi connectivity index (χ3v) is 2.77. The van der Waals surface area contributed by atoms with E-state index in [1.165, 1.54) is 6.07 Å². The third-order valence-electron chi connectivity index (χ3n) is 1.56. The molecule has 0 radical (unpaired) electrons. The standard InChI is InChI=1S/C8H7Br2FO/c9-3-5-2-8(11)7(10)1-6(5)4-12/h1-2,12H,3-4H2. The fraction of sp³-hybridized carbons (Fsp3) is 0.250. The van der Waals surface area contributed by atoms with Crippen LogP contribution in [0.1, 0.15) is 11.1 Å². The minimum atomic E-state index is -0.304. The smallest absolute Gasteiger partial charge is 0.137 e. The molecule has 1 aromatic rings. The molecule has 0 saturated carbocycles. The van der Waals surface area contributed by atoms with Crippen molar-refractivity contribution >= 4 is 31.9 Å². The van der Waals surface area contributed by atoms with E-state index in [1.54, 1.807) is 6.07 Å². The average molecular weight is 298 g/mol. The van der Waals surface area contributed by atoms with Crippen LogP contribution in [-0.4, -0.2) is 5.11 Å². The summed E-state index contributed by atoms with van der Waals surface area (Å²) in [6.07, 6.45) is 0. The molecule has 0 saturated heterocycles. The van der Waals surface area contributed by atoms with E-state index < -0.39 is 0 Å². The number of aliphatic hydroxyl groups excluding tert-OH is 1. The summed E-state index contributed by atoms with van der Waals surface area (Å²) in [4.78, 5) is 0. The average Bonchev–Trinajstić information content (AvgIpc) is 2.09. The maximum Gasteiger partial charge on any atom is 0.137 e. The summed E-state index contributed by atoms with van der Waals surface area (Å²) < 4.78 is 13.3. The molecule has 0 bridgehead atoms. The number of aliphatic hydroxyl groups is 1. The lowest BCUT2D eigenvalue weighted by Gasteiger charge is -2.05. The summed E-state index contributed by atoms with van der Waals surface area (Å²) in [5.41, 5.74) is 1.51. The topological polar surface area (TPSA) is 20.2 Å². The van der Waals surface area contributed by atoms with Crippen molar-refractivity contribution in [2.75, 3.05) is 0 Å². The summed E-state index contributed by atoms with van der Waals surface area (Å²) in [7, 11) is 0. The summed E-state index contributed by atoms with van der Waals surface area (Å²) in [6, 6.07) is 3.00. The van der Waals surface area contributed by atoms with Gasteiger partial charge in [0.25, 0.3) is 0 Å². The summed E-state index contributed by atoms with van der Waals surface area (Å²) >= 11 is 6.26. The van der Waals surface area contributed by atoms with Crippen LogP contribution in [0.4, 0.5) is 4.39 Å². The van der Waals surface area contributed by atoms with Crippen LogP contribution in [0.2, 0.25) is 0 Å². The van der Waals surface area contributed by atoms with Crippen molar-refractivity contribution in [1.29, 1.82) is 0 Å².